The zero-order valence-corrected chi connectivity index (χ0v) is 20.6. The van der Waals surface area contributed by atoms with Gasteiger partial charge in [0.2, 0.25) is 17.7 Å². The molecule has 0 spiro atoms. The Morgan fingerprint density at radius 2 is 1.77 bits per heavy atom. The van der Waals surface area contributed by atoms with Gasteiger partial charge in [0.25, 0.3) is 0 Å². The number of amides is 3. The van der Waals surface area contributed by atoms with Gasteiger partial charge in [-0.05, 0) is 18.8 Å². The van der Waals surface area contributed by atoms with E-state index in [1.165, 1.54) is 12.5 Å². The summed E-state index contributed by atoms with van der Waals surface area (Å²) in [6, 6.07) is -4.28. The zero-order chi connectivity index (χ0) is 26.5. The van der Waals surface area contributed by atoms with Crippen LogP contribution in [0.4, 0.5) is 0 Å². The number of H-pyrrole nitrogens is 1. The lowest BCUT2D eigenvalue weighted by molar-refractivity contribution is -0.142. The van der Waals surface area contributed by atoms with Crippen LogP contribution in [0.3, 0.4) is 0 Å². The van der Waals surface area contributed by atoms with Crippen LogP contribution in [0.2, 0.25) is 0 Å². The van der Waals surface area contributed by atoms with Gasteiger partial charge < -0.3 is 43.2 Å². The largest absolute Gasteiger partial charge is 0.480 e. The second-order valence-corrected chi connectivity index (χ2v) is 8.57. The van der Waals surface area contributed by atoms with Gasteiger partial charge in [0, 0.05) is 30.6 Å². The van der Waals surface area contributed by atoms with Crippen LogP contribution in [0.15, 0.2) is 17.5 Å². The van der Waals surface area contributed by atoms with Crippen LogP contribution in [0.5, 0.6) is 0 Å². The van der Waals surface area contributed by atoms with Gasteiger partial charge in [-0.2, -0.15) is 12.6 Å². The molecule has 11 N–H and O–H groups in total. The van der Waals surface area contributed by atoms with Gasteiger partial charge in [0.15, 0.2) is 5.96 Å². The van der Waals surface area contributed by atoms with Crippen molar-refractivity contribution >= 4 is 42.3 Å². The van der Waals surface area contributed by atoms with Crippen molar-refractivity contribution in [2.24, 2.45) is 28.1 Å². The molecular weight excluding hydrogens is 478 g/mol. The van der Waals surface area contributed by atoms with Crippen LogP contribution in [0.25, 0.3) is 0 Å². The van der Waals surface area contributed by atoms with Crippen LogP contribution >= 0.6 is 12.6 Å². The summed E-state index contributed by atoms with van der Waals surface area (Å²) in [5, 5.41) is 17.1. The topological polar surface area (TPSA) is 244 Å². The number of nitrogens with zero attached hydrogens (tertiary/aromatic N) is 2. The first kappa shape index (κ1) is 29.7. The minimum Gasteiger partial charge on any atom is -0.480 e. The summed E-state index contributed by atoms with van der Waals surface area (Å²) in [7, 11) is 0. The number of imidazole rings is 1. The third-order valence-electron chi connectivity index (χ3n) is 4.95. The molecule has 4 unspecified atom stereocenters. The minimum absolute atomic E-state index is 0.00677. The van der Waals surface area contributed by atoms with Crippen LogP contribution in [-0.2, 0) is 25.6 Å². The van der Waals surface area contributed by atoms with Gasteiger partial charge in [-0.1, -0.05) is 13.8 Å². The molecule has 0 saturated carbocycles. The number of aliphatic carboxylic acids is 1. The van der Waals surface area contributed by atoms with E-state index in [0.29, 0.717) is 12.1 Å². The zero-order valence-electron chi connectivity index (χ0n) is 19.7. The number of aromatic nitrogens is 2. The summed E-state index contributed by atoms with van der Waals surface area (Å²) in [6.07, 6.45) is 3.26. The van der Waals surface area contributed by atoms with Gasteiger partial charge in [0.05, 0.1) is 12.4 Å². The molecule has 4 atom stereocenters. The summed E-state index contributed by atoms with van der Waals surface area (Å²) in [4.78, 5) is 60.4. The highest BCUT2D eigenvalue weighted by atomic mass is 32.1. The number of carboxylic acid groups (broad SMARTS) is 1. The van der Waals surface area contributed by atoms with Crippen molar-refractivity contribution in [3.8, 4) is 0 Å². The van der Waals surface area contributed by atoms with E-state index in [9.17, 15) is 24.3 Å². The summed E-state index contributed by atoms with van der Waals surface area (Å²) in [5.41, 5.74) is 16.7. The van der Waals surface area contributed by atoms with Crippen molar-refractivity contribution in [3.63, 3.8) is 0 Å². The van der Waals surface area contributed by atoms with Crippen molar-refractivity contribution in [2.75, 3.05) is 12.3 Å². The molecule has 1 aromatic rings. The lowest BCUT2D eigenvalue weighted by Gasteiger charge is -2.26. The highest BCUT2D eigenvalue weighted by Gasteiger charge is 2.31. The molecule has 0 aliphatic heterocycles. The molecule has 35 heavy (non-hydrogen) atoms. The smallest absolute Gasteiger partial charge is 0.326 e. The lowest BCUT2D eigenvalue weighted by atomic mass is 10.0. The van der Waals surface area contributed by atoms with E-state index in [1.807, 2.05) is 0 Å². The van der Waals surface area contributed by atoms with E-state index >= 15 is 0 Å². The first-order valence-corrected chi connectivity index (χ1v) is 11.6. The predicted molar refractivity (Wildman–Crippen MR) is 132 cm³/mol. The van der Waals surface area contributed by atoms with Gasteiger partial charge in [0.1, 0.15) is 18.1 Å². The van der Waals surface area contributed by atoms with Gasteiger partial charge in [-0.15, -0.1) is 0 Å². The molecule has 1 aromatic heterocycles. The average Bonchev–Trinajstić information content (AvgIpc) is 3.30. The molecule has 196 valence electrons. The van der Waals surface area contributed by atoms with Crippen molar-refractivity contribution in [3.05, 3.63) is 18.2 Å². The molecule has 3 amide bonds. The average molecular weight is 514 g/mol. The first-order valence-electron chi connectivity index (χ1n) is 11.0. The molecule has 1 rings (SSSR count). The van der Waals surface area contributed by atoms with Crippen molar-refractivity contribution in [2.45, 2.75) is 57.3 Å². The third-order valence-corrected chi connectivity index (χ3v) is 5.35. The number of carbonyl (C=O) groups excluding carboxylic acids is 3. The lowest BCUT2D eigenvalue weighted by Crippen LogP contribution is -2.59. The summed E-state index contributed by atoms with van der Waals surface area (Å²) < 4.78 is 0. The number of carboxylic acids is 1. The fraction of sp³-hybridized carbons (Fsp3) is 0.600. The maximum Gasteiger partial charge on any atom is 0.326 e. The van der Waals surface area contributed by atoms with E-state index in [1.54, 1.807) is 13.8 Å². The second kappa shape index (κ2) is 14.8. The summed E-state index contributed by atoms with van der Waals surface area (Å²) >= 11 is 3.98. The van der Waals surface area contributed by atoms with Gasteiger partial charge in [-0.3, -0.25) is 19.4 Å². The summed E-state index contributed by atoms with van der Waals surface area (Å²) in [6.45, 7) is 3.63. The fourth-order valence-electron chi connectivity index (χ4n) is 3.00. The molecule has 0 fully saturated rings. The number of guanidine groups is 1. The first-order chi connectivity index (χ1) is 16.5. The Morgan fingerprint density at radius 3 is 2.29 bits per heavy atom. The van der Waals surface area contributed by atoms with E-state index < -0.39 is 47.9 Å². The number of nitrogens with one attached hydrogen (secondary N) is 4. The number of aliphatic imine (C=N–C) groups is 1. The molecule has 0 aliphatic rings. The van der Waals surface area contributed by atoms with E-state index in [0.717, 1.165) is 0 Å². The molecule has 0 aliphatic carbocycles. The Hall–Kier alpha value is -3.33. The normalized spacial score (nSPS) is 14.3. The third kappa shape index (κ3) is 10.6. The monoisotopic (exact) mass is 513 g/mol. The van der Waals surface area contributed by atoms with Crippen LogP contribution < -0.4 is 33.2 Å². The van der Waals surface area contributed by atoms with Crippen LogP contribution in [0, 0.1) is 5.92 Å². The Kier molecular flexibility index (Phi) is 12.6. The maximum absolute atomic E-state index is 13.0. The number of hydrogen-bond acceptors (Lipinski definition) is 8. The fourth-order valence-corrected chi connectivity index (χ4v) is 3.16. The Labute approximate surface area is 208 Å². The summed E-state index contributed by atoms with van der Waals surface area (Å²) in [5.74, 6) is -3.52. The molecular formula is C20H35N9O5S. The Morgan fingerprint density at radius 1 is 1.11 bits per heavy atom. The highest BCUT2D eigenvalue weighted by molar-refractivity contribution is 7.80. The maximum atomic E-state index is 13.0. The van der Waals surface area contributed by atoms with Crippen LogP contribution in [-0.4, -0.2) is 81.2 Å². The number of nitrogens with two attached hydrogens (primary N) is 3. The minimum atomic E-state index is -1.25. The van der Waals surface area contributed by atoms with Gasteiger partial charge in [-0.25, -0.2) is 9.78 Å². The molecule has 0 saturated heterocycles. The van der Waals surface area contributed by atoms with E-state index in [-0.39, 0.29) is 37.0 Å². The number of hydrogen-bond donors (Lipinski definition) is 9. The van der Waals surface area contributed by atoms with Crippen molar-refractivity contribution in [1.82, 2.24) is 25.9 Å². The molecule has 0 bridgehead atoms. The number of thiol groups is 1. The standard InChI is InChI=1S/C20H35N9O5S/c1-10(2)15(29-16(30)12(21)8-35)18(32)28-14(6-11-7-24-9-26-11)17(31)27-13(19(33)34)4-3-5-25-20(22)23/h7,9-10,12-15,35H,3-6,8,21H2,1-2H3,(H,24,26)(H,27,31)(H,28,32)(H,29,30)(H,33,34)(H4,22,23,25). The highest BCUT2D eigenvalue weighted by Crippen LogP contribution is 2.07. The van der Waals surface area contributed by atoms with Crippen molar-refractivity contribution in [1.29, 1.82) is 0 Å². The van der Waals surface area contributed by atoms with Gasteiger partial charge >= 0.3 is 5.97 Å². The molecule has 0 radical (unpaired) electrons. The SMILES string of the molecule is CC(C)C(NC(=O)C(N)CS)C(=O)NC(Cc1cnc[nH]1)C(=O)NC(CCCN=C(N)N)C(=O)O. The Bertz CT molecular complexity index is 874. The van der Waals surface area contributed by atoms with Crippen LogP contribution in [0.1, 0.15) is 32.4 Å². The quantitative estimate of drug-likeness (QED) is 0.0518. The Balaban J connectivity index is 2.99. The molecule has 0 aromatic carbocycles. The number of carbonyl (C=O) groups is 4. The molecule has 14 nitrogen and oxygen atoms in total. The van der Waals surface area contributed by atoms with E-state index in [4.69, 9.17) is 17.2 Å². The molecule has 1 heterocycles. The number of rotatable bonds is 15. The number of aromatic amines is 1. The second-order valence-electron chi connectivity index (χ2n) is 8.21. The molecule has 15 heteroatoms. The van der Waals surface area contributed by atoms with E-state index in [2.05, 4.69) is 43.5 Å². The van der Waals surface area contributed by atoms with Crippen molar-refractivity contribution < 1.29 is 24.3 Å². The predicted octanol–water partition coefficient (Wildman–Crippen LogP) is -2.54.